The van der Waals surface area contributed by atoms with E-state index in [1.807, 2.05) is 25.9 Å². The monoisotopic (exact) mass is 483 g/mol. The van der Waals surface area contributed by atoms with Gasteiger partial charge in [-0.1, -0.05) is 0 Å². The van der Waals surface area contributed by atoms with Crippen LogP contribution in [0.25, 0.3) is 0 Å². The van der Waals surface area contributed by atoms with Crippen LogP contribution in [-0.4, -0.2) is 73.9 Å². The fourth-order valence-electron chi connectivity index (χ4n) is 4.02. The molecule has 0 unspecified atom stereocenters. The van der Waals surface area contributed by atoms with Crippen LogP contribution >= 0.6 is 0 Å². The van der Waals surface area contributed by atoms with E-state index in [0.717, 1.165) is 0 Å². The van der Waals surface area contributed by atoms with Crippen LogP contribution < -0.4 is 19.7 Å². The standard InChI is InChI=1S/C25H33N5O5/c1-8-35-19-11-15-12-30(23(26)20(15)28-21(19)24(32)27-4)13-18(31)14-9-16(25(2,3)33)22(34-7)17(10-14)29(5)6/h9-11,26,33H,8,12-13H2,1-7H3,(H,27,32). The number of amidine groups is 1. The molecule has 0 bridgehead atoms. The normalized spacial score (nSPS) is 12.9. The zero-order valence-electron chi connectivity index (χ0n) is 21.3. The van der Waals surface area contributed by atoms with Gasteiger partial charge in [-0.05, 0) is 39.0 Å². The van der Waals surface area contributed by atoms with Crippen LogP contribution in [0.1, 0.15) is 58.4 Å². The van der Waals surface area contributed by atoms with E-state index in [0.29, 0.717) is 46.2 Å². The van der Waals surface area contributed by atoms with Gasteiger partial charge in [-0.3, -0.25) is 15.0 Å². The van der Waals surface area contributed by atoms with E-state index in [1.54, 1.807) is 36.9 Å². The topological polar surface area (TPSA) is 128 Å². The molecule has 0 aliphatic carbocycles. The van der Waals surface area contributed by atoms with E-state index in [2.05, 4.69) is 10.3 Å². The van der Waals surface area contributed by atoms with Crippen molar-refractivity contribution in [2.45, 2.75) is 32.9 Å². The summed E-state index contributed by atoms with van der Waals surface area (Å²) in [6.07, 6.45) is 0. The second-order valence-corrected chi connectivity index (χ2v) is 9.01. The number of nitrogens with one attached hydrogen (secondary N) is 2. The molecule has 10 heteroatoms. The van der Waals surface area contributed by atoms with E-state index in [9.17, 15) is 14.7 Å². The number of fused-ring (bicyclic) bond motifs is 1. The minimum Gasteiger partial charge on any atom is -0.494 e. The Bertz CT molecular complexity index is 1170. The lowest BCUT2D eigenvalue weighted by atomic mass is 9.93. The first kappa shape index (κ1) is 26.0. The van der Waals surface area contributed by atoms with Crippen molar-refractivity contribution in [1.29, 1.82) is 5.41 Å². The van der Waals surface area contributed by atoms with Gasteiger partial charge in [0.25, 0.3) is 5.91 Å². The number of nitrogens with zero attached hydrogens (tertiary/aromatic N) is 3. The number of amides is 1. The van der Waals surface area contributed by atoms with Crippen LogP contribution in [0.5, 0.6) is 11.5 Å². The molecule has 1 aromatic heterocycles. The highest BCUT2D eigenvalue weighted by Gasteiger charge is 2.32. The number of ketones is 1. The highest BCUT2D eigenvalue weighted by Crippen LogP contribution is 2.39. The lowest BCUT2D eigenvalue weighted by Crippen LogP contribution is -2.31. The SMILES string of the molecule is CCOc1cc2c(nc1C(=O)NC)C(=N)N(CC(=O)c1cc(N(C)C)c(OC)c(C(C)(C)O)c1)C2. The molecule has 3 N–H and O–H groups in total. The summed E-state index contributed by atoms with van der Waals surface area (Å²) >= 11 is 0. The highest BCUT2D eigenvalue weighted by molar-refractivity contribution is 6.06. The van der Waals surface area contributed by atoms with Gasteiger partial charge < -0.3 is 29.7 Å². The first-order valence-corrected chi connectivity index (χ1v) is 11.3. The van der Waals surface area contributed by atoms with E-state index < -0.39 is 11.5 Å². The summed E-state index contributed by atoms with van der Waals surface area (Å²) in [7, 11) is 6.69. The Morgan fingerprint density at radius 3 is 2.51 bits per heavy atom. The Kier molecular flexibility index (Phi) is 7.35. The molecule has 0 atom stereocenters. The van der Waals surface area contributed by atoms with Crippen LogP contribution in [-0.2, 0) is 12.1 Å². The second-order valence-electron chi connectivity index (χ2n) is 9.01. The van der Waals surface area contributed by atoms with Crippen molar-refractivity contribution >= 4 is 23.2 Å². The minimum absolute atomic E-state index is 0.0607. The van der Waals surface area contributed by atoms with Crippen LogP contribution in [0, 0.1) is 5.41 Å². The van der Waals surface area contributed by atoms with E-state index >= 15 is 0 Å². The summed E-state index contributed by atoms with van der Waals surface area (Å²) in [4.78, 5) is 33.4. The summed E-state index contributed by atoms with van der Waals surface area (Å²) in [5.74, 6) is 0.259. The van der Waals surface area contributed by atoms with Gasteiger partial charge in [-0.25, -0.2) is 4.98 Å². The molecule has 1 aromatic carbocycles. The number of methoxy groups -OCH3 is 1. The van der Waals surface area contributed by atoms with Crippen molar-refractivity contribution in [3.63, 3.8) is 0 Å². The Balaban J connectivity index is 1.95. The molecule has 1 aliphatic rings. The van der Waals surface area contributed by atoms with Crippen LogP contribution in [0.15, 0.2) is 18.2 Å². The molecule has 0 saturated carbocycles. The number of anilines is 1. The number of ether oxygens (including phenoxy) is 2. The Morgan fingerprint density at radius 2 is 1.97 bits per heavy atom. The van der Waals surface area contributed by atoms with Gasteiger partial charge >= 0.3 is 0 Å². The largest absolute Gasteiger partial charge is 0.494 e. The third kappa shape index (κ3) is 5.07. The number of pyridine rings is 1. The van der Waals surface area contributed by atoms with Crippen LogP contribution in [0.3, 0.4) is 0 Å². The van der Waals surface area contributed by atoms with Gasteiger partial charge in [-0.15, -0.1) is 0 Å². The van der Waals surface area contributed by atoms with Gasteiger partial charge in [0, 0.05) is 44.4 Å². The van der Waals surface area contributed by atoms with Crippen LogP contribution in [0.2, 0.25) is 0 Å². The quantitative estimate of drug-likeness (QED) is 0.463. The van der Waals surface area contributed by atoms with E-state index in [1.165, 1.54) is 14.2 Å². The number of carbonyl (C=O) groups excluding carboxylic acids is 2. The fraction of sp³-hybridized carbons (Fsp3) is 0.440. The van der Waals surface area contributed by atoms with Gasteiger partial charge in [-0.2, -0.15) is 0 Å². The zero-order chi connectivity index (χ0) is 26.1. The van der Waals surface area contributed by atoms with Crippen LogP contribution in [0.4, 0.5) is 5.69 Å². The number of benzene rings is 1. The lowest BCUT2D eigenvalue weighted by Gasteiger charge is -2.27. The van der Waals surface area contributed by atoms with Gasteiger partial charge in [0.05, 0.1) is 31.5 Å². The molecule has 2 aromatic rings. The predicted octanol–water partition coefficient (Wildman–Crippen LogP) is 2.17. The first-order valence-electron chi connectivity index (χ1n) is 11.3. The molecular weight excluding hydrogens is 450 g/mol. The number of hydrogen-bond acceptors (Lipinski definition) is 8. The van der Waals surface area contributed by atoms with Crippen molar-refractivity contribution in [1.82, 2.24) is 15.2 Å². The molecule has 35 heavy (non-hydrogen) atoms. The van der Waals surface area contributed by atoms with Crippen molar-refractivity contribution in [2.24, 2.45) is 0 Å². The van der Waals surface area contributed by atoms with Gasteiger partial charge in [0.2, 0.25) is 0 Å². The maximum Gasteiger partial charge on any atom is 0.273 e. The average molecular weight is 484 g/mol. The average Bonchev–Trinajstić information content (AvgIpc) is 3.10. The maximum absolute atomic E-state index is 13.4. The fourth-order valence-corrected chi connectivity index (χ4v) is 4.02. The highest BCUT2D eigenvalue weighted by atomic mass is 16.5. The number of rotatable bonds is 9. The number of aliphatic hydroxyl groups is 1. The molecule has 3 rings (SSSR count). The Morgan fingerprint density at radius 1 is 1.29 bits per heavy atom. The Hall–Kier alpha value is -3.66. The van der Waals surface area contributed by atoms with Crippen molar-refractivity contribution in [2.75, 3.05) is 46.3 Å². The summed E-state index contributed by atoms with van der Waals surface area (Å²) in [6.45, 7) is 5.66. The second kappa shape index (κ2) is 9.91. The third-order valence-corrected chi connectivity index (χ3v) is 5.78. The molecule has 10 nitrogen and oxygen atoms in total. The van der Waals surface area contributed by atoms with Crippen molar-refractivity contribution < 1.29 is 24.2 Å². The van der Waals surface area contributed by atoms with Gasteiger partial charge in [0.15, 0.2) is 17.2 Å². The molecule has 0 fully saturated rings. The number of aromatic nitrogens is 1. The summed E-state index contributed by atoms with van der Waals surface area (Å²) in [6, 6.07) is 5.06. The van der Waals surface area contributed by atoms with E-state index in [4.69, 9.17) is 14.9 Å². The number of hydrogen-bond donors (Lipinski definition) is 3. The smallest absolute Gasteiger partial charge is 0.273 e. The molecule has 0 radical (unpaired) electrons. The number of Topliss-reactive ketones (excluding diaryl/α,β-unsaturated/α-hetero) is 1. The predicted molar refractivity (Wildman–Crippen MR) is 133 cm³/mol. The van der Waals surface area contributed by atoms with E-state index in [-0.39, 0.29) is 30.4 Å². The summed E-state index contributed by atoms with van der Waals surface area (Å²) < 4.78 is 11.1. The minimum atomic E-state index is -1.24. The Labute approximate surface area is 205 Å². The number of carbonyl (C=O) groups is 2. The van der Waals surface area contributed by atoms with Crippen molar-refractivity contribution in [3.8, 4) is 11.5 Å². The molecule has 1 aliphatic heterocycles. The lowest BCUT2D eigenvalue weighted by molar-refractivity contribution is 0.0755. The molecule has 0 saturated heterocycles. The molecule has 0 spiro atoms. The molecule has 2 heterocycles. The third-order valence-electron chi connectivity index (χ3n) is 5.78. The van der Waals surface area contributed by atoms with Crippen molar-refractivity contribution in [3.05, 3.63) is 46.3 Å². The molecular formula is C25H33N5O5. The summed E-state index contributed by atoms with van der Waals surface area (Å²) in [5, 5.41) is 21.8. The molecule has 188 valence electrons. The summed E-state index contributed by atoms with van der Waals surface area (Å²) in [5.41, 5.74) is 1.47. The maximum atomic E-state index is 13.4. The van der Waals surface area contributed by atoms with Gasteiger partial charge in [0.1, 0.15) is 17.3 Å². The molecule has 1 amide bonds. The zero-order valence-corrected chi connectivity index (χ0v) is 21.3. The first-order chi connectivity index (χ1) is 16.4.